The van der Waals surface area contributed by atoms with Crippen molar-refractivity contribution in [1.82, 2.24) is 14.5 Å². The van der Waals surface area contributed by atoms with Gasteiger partial charge in [0.1, 0.15) is 17.7 Å². The van der Waals surface area contributed by atoms with Gasteiger partial charge >= 0.3 is 0 Å². The molecule has 0 spiro atoms. The van der Waals surface area contributed by atoms with Crippen molar-refractivity contribution in [2.24, 2.45) is 0 Å². The van der Waals surface area contributed by atoms with Gasteiger partial charge in [-0.3, -0.25) is 0 Å². The van der Waals surface area contributed by atoms with Crippen molar-refractivity contribution in [1.29, 1.82) is 0 Å². The van der Waals surface area contributed by atoms with E-state index in [1.54, 1.807) is 6.20 Å². The van der Waals surface area contributed by atoms with Crippen molar-refractivity contribution < 1.29 is 9.47 Å². The lowest BCUT2D eigenvalue weighted by atomic mass is 10.1. The Balaban J connectivity index is 1.81. The monoisotopic (exact) mass is 319 g/mol. The molecule has 0 aromatic carbocycles. The van der Waals surface area contributed by atoms with Crippen molar-refractivity contribution in [3.05, 3.63) is 35.4 Å². The minimum Gasteiger partial charge on any atom is -0.342 e. The van der Waals surface area contributed by atoms with Gasteiger partial charge in [0, 0.05) is 6.20 Å². The lowest BCUT2D eigenvalue weighted by Gasteiger charge is -2.22. The molecule has 0 unspecified atom stereocenters. The van der Waals surface area contributed by atoms with Crippen LogP contribution in [0.2, 0.25) is 5.15 Å². The van der Waals surface area contributed by atoms with Crippen molar-refractivity contribution in [2.75, 3.05) is 0 Å². The van der Waals surface area contributed by atoms with Crippen LogP contribution in [0.4, 0.5) is 0 Å². The van der Waals surface area contributed by atoms with Gasteiger partial charge in [0.25, 0.3) is 0 Å². The Morgan fingerprint density at radius 2 is 2.14 bits per heavy atom. The number of halogens is 1. The molecule has 0 radical (unpaired) electrons. The molecule has 1 aliphatic carbocycles. The number of imidazole rings is 1. The number of ether oxygens (including phenoxy) is 2. The maximum atomic E-state index is 6.15. The van der Waals surface area contributed by atoms with E-state index in [0.29, 0.717) is 5.15 Å². The van der Waals surface area contributed by atoms with Gasteiger partial charge in [0.2, 0.25) is 0 Å². The average molecular weight is 320 g/mol. The van der Waals surface area contributed by atoms with Crippen LogP contribution in [0.5, 0.6) is 0 Å². The summed E-state index contributed by atoms with van der Waals surface area (Å²) in [5.41, 5.74) is 2.96. The second-order valence-electron chi connectivity index (χ2n) is 6.23. The molecule has 4 rings (SSSR count). The van der Waals surface area contributed by atoms with E-state index in [9.17, 15) is 0 Å². The Morgan fingerprint density at radius 3 is 2.91 bits per heavy atom. The normalized spacial score (nSPS) is 29.8. The van der Waals surface area contributed by atoms with E-state index in [-0.39, 0.29) is 18.2 Å². The van der Waals surface area contributed by atoms with Gasteiger partial charge < -0.3 is 14.0 Å². The summed E-state index contributed by atoms with van der Waals surface area (Å²) < 4.78 is 14.3. The molecule has 0 N–H and O–H groups in total. The van der Waals surface area contributed by atoms with Gasteiger partial charge in [-0.2, -0.15) is 0 Å². The lowest BCUT2D eigenvalue weighted by Crippen LogP contribution is -2.27. The van der Waals surface area contributed by atoms with Crippen LogP contribution in [0.15, 0.2) is 30.2 Å². The molecule has 2 aliphatic rings. The van der Waals surface area contributed by atoms with Crippen LogP contribution >= 0.6 is 11.6 Å². The quantitative estimate of drug-likeness (QED) is 0.628. The highest BCUT2D eigenvalue weighted by Gasteiger charge is 2.50. The zero-order valence-electron chi connectivity index (χ0n) is 12.8. The first-order valence-electron chi connectivity index (χ1n) is 7.53. The number of pyridine rings is 1. The molecular weight excluding hydrogens is 302 g/mol. The van der Waals surface area contributed by atoms with Crippen molar-refractivity contribution >= 4 is 22.6 Å². The Morgan fingerprint density at radius 1 is 1.32 bits per heavy atom. The molecule has 116 valence electrons. The molecule has 1 saturated heterocycles. The summed E-state index contributed by atoms with van der Waals surface area (Å²) in [4.78, 5) is 8.49. The van der Waals surface area contributed by atoms with Crippen molar-refractivity contribution in [2.45, 2.75) is 51.2 Å². The molecule has 0 amide bonds. The van der Waals surface area contributed by atoms with Gasteiger partial charge in [-0.25, -0.2) is 9.97 Å². The zero-order chi connectivity index (χ0) is 15.5. The third kappa shape index (κ3) is 2.00. The van der Waals surface area contributed by atoms with Crippen LogP contribution in [0, 0.1) is 0 Å². The first-order valence-corrected chi connectivity index (χ1v) is 7.91. The van der Waals surface area contributed by atoms with Gasteiger partial charge in [-0.1, -0.05) is 24.6 Å². The first-order chi connectivity index (χ1) is 10.5. The second-order valence-corrected chi connectivity index (χ2v) is 6.59. The Bertz CT molecular complexity index is 768. The summed E-state index contributed by atoms with van der Waals surface area (Å²) in [5, 5.41) is 0.425. The fourth-order valence-corrected chi connectivity index (χ4v) is 3.66. The minimum absolute atomic E-state index is 0.0137. The fourth-order valence-electron chi connectivity index (χ4n) is 3.46. The van der Waals surface area contributed by atoms with Gasteiger partial charge in [-0.15, -0.1) is 0 Å². The Labute approximate surface area is 133 Å². The average Bonchev–Trinajstić information content (AvgIpc) is 3.10. The number of rotatable bonds is 2. The molecule has 6 heteroatoms. The summed E-state index contributed by atoms with van der Waals surface area (Å²) in [5.74, 6) is -0.558. The third-order valence-electron chi connectivity index (χ3n) is 4.39. The summed E-state index contributed by atoms with van der Waals surface area (Å²) in [6, 6.07) is 1.99. The van der Waals surface area contributed by atoms with Crippen molar-refractivity contribution in [3.63, 3.8) is 0 Å². The molecule has 0 saturated carbocycles. The standard InChI is InChI=1S/C16H18ClN3O2/c1-4-9-7-11(14-13(9)21-16(2,3)22-14)20-8-19-12-10(20)5-6-18-15(12)17/h5-8,11,13-14H,4H2,1-3H3/t11-,13-,14+/m1/s1. The maximum Gasteiger partial charge on any atom is 0.164 e. The number of nitrogens with zero attached hydrogens (tertiary/aromatic N) is 3. The highest BCUT2D eigenvalue weighted by atomic mass is 35.5. The fraction of sp³-hybridized carbons (Fsp3) is 0.500. The molecular formula is C16H18ClN3O2. The molecule has 2 aromatic rings. The Hall–Kier alpha value is -1.43. The molecule has 1 aliphatic heterocycles. The smallest absolute Gasteiger partial charge is 0.164 e. The molecule has 2 aromatic heterocycles. The summed E-state index contributed by atoms with van der Waals surface area (Å²) in [7, 11) is 0. The zero-order valence-corrected chi connectivity index (χ0v) is 13.5. The molecule has 1 fully saturated rings. The van der Waals surface area contributed by atoms with E-state index >= 15 is 0 Å². The van der Waals surface area contributed by atoms with Gasteiger partial charge in [0.15, 0.2) is 10.9 Å². The number of fused-ring (bicyclic) bond motifs is 2. The summed E-state index contributed by atoms with van der Waals surface area (Å²) in [6.45, 7) is 6.07. The van der Waals surface area contributed by atoms with Crippen LogP contribution in [-0.4, -0.2) is 32.5 Å². The van der Waals surface area contributed by atoms with Crippen LogP contribution in [0.25, 0.3) is 11.0 Å². The van der Waals surface area contributed by atoms with E-state index in [0.717, 1.165) is 17.5 Å². The molecule has 3 atom stereocenters. The highest BCUT2D eigenvalue weighted by molar-refractivity contribution is 6.33. The molecule has 5 nitrogen and oxygen atoms in total. The minimum atomic E-state index is -0.558. The molecule has 3 heterocycles. The number of aromatic nitrogens is 3. The maximum absolute atomic E-state index is 6.15. The topological polar surface area (TPSA) is 49.2 Å². The largest absolute Gasteiger partial charge is 0.342 e. The SMILES string of the molecule is CCC1=C[C@@H](n2cnc3c(Cl)nccc32)[C@@H]2OC(C)(C)O[C@H]12. The first kappa shape index (κ1) is 14.2. The molecule has 22 heavy (non-hydrogen) atoms. The van der Waals surface area contributed by atoms with Crippen molar-refractivity contribution in [3.8, 4) is 0 Å². The van der Waals surface area contributed by atoms with E-state index in [1.165, 1.54) is 5.57 Å². The molecule has 0 bridgehead atoms. The van der Waals surface area contributed by atoms with Crippen LogP contribution in [0.1, 0.15) is 33.2 Å². The Kier molecular flexibility index (Phi) is 3.08. The summed E-state index contributed by atoms with van der Waals surface area (Å²) in [6.07, 6.45) is 6.68. The van der Waals surface area contributed by atoms with E-state index in [4.69, 9.17) is 21.1 Å². The highest BCUT2D eigenvalue weighted by Crippen LogP contribution is 2.44. The van der Waals surface area contributed by atoms with E-state index in [2.05, 4.69) is 27.5 Å². The van der Waals surface area contributed by atoms with Gasteiger partial charge in [0.05, 0.1) is 17.9 Å². The number of hydrogen-bond donors (Lipinski definition) is 0. The van der Waals surface area contributed by atoms with Crippen LogP contribution < -0.4 is 0 Å². The predicted octanol–water partition coefficient (Wildman–Crippen LogP) is 3.50. The van der Waals surface area contributed by atoms with Gasteiger partial charge in [-0.05, 0) is 31.9 Å². The van der Waals surface area contributed by atoms with E-state index in [1.807, 2.05) is 26.2 Å². The number of hydrogen-bond acceptors (Lipinski definition) is 4. The second kappa shape index (κ2) is 4.78. The third-order valence-corrected chi connectivity index (χ3v) is 4.67. The summed E-state index contributed by atoms with van der Waals surface area (Å²) >= 11 is 6.13. The van der Waals surface area contributed by atoms with Crippen LogP contribution in [0.3, 0.4) is 0 Å². The predicted molar refractivity (Wildman–Crippen MR) is 83.8 cm³/mol. The van der Waals surface area contributed by atoms with Crippen LogP contribution in [-0.2, 0) is 9.47 Å². The lowest BCUT2D eigenvalue weighted by molar-refractivity contribution is -0.147. The van der Waals surface area contributed by atoms with E-state index < -0.39 is 5.79 Å².